The lowest BCUT2D eigenvalue weighted by Gasteiger charge is -2.57. The molecule has 0 unspecified atom stereocenters. The van der Waals surface area contributed by atoms with E-state index in [2.05, 4.69) is 65.7 Å². The first-order chi connectivity index (χ1) is 17.0. The number of carbonyl (C=O) groups is 1. The number of aliphatic hydroxyl groups excluding tert-OH is 1. The third-order valence-corrected chi connectivity index (χ3v) is 7.50. The van der Waals surface area contributed by atoms with Crippen molar-refractivity contribution in [1.29, 1.82) is 0 Å². The molecule has 5 nitrogen and oxygen atoms in total. The summed E-state index contributed by atoms with van der Waals surface area (Å²) in [6.07, 6.45) is 1.89. The van der Waals surface area contributed by atoms with Crippen molar-refractivity contribution in [2.45, 2.75) is 37.8 Å². The Hall–Kier alpha value is -3.22. The van der Waals surface area contributed by atoms with E-state index >= 15 is 0 Å². The van der Waals surface area contributed by atoms with Crippen molar-refractivity contribution < 1.29 is 14.3 Å². The number of carbonyl (C=O) groups excluding carboxylic acids is 1. The summed E-state index contributed by atoms with van der Waals surface area (Å²) >= 11 is 0. The van der Waals surface area contributed by atoms with E-state index in [1.165, 1.54) is 34.4 Å². The van der Waals surface area contributed by atoms with Gasteiger partial charge in [0.1, 0.15) is 5.82 Å². The molecule has 2 N–H and O–H groups in total. The van der Waals surface area contributed by atoms with Crippen LogP contribution in [0.15, 0.2) is 72.8 Å². The zero-order valence-electron chi connectivity index (χ0n) is 20.0. The molecule has 2 aliphatic heterocycles. The molecule has 2 aliphatic rings. The normalized spacial score (nSPS) is 22.5. The minimum Gasteiger partial charge on any atom is -0.395 e. The van der Waals surface area contributed by atoms with Gasteiger partial charge in [0, 0.05) is 36.8 Å². The van der Waals surface area contributed by atoms with Crippen molar-refractivity contribution in [2.75, 3.05) is 31.6 Å². The van der Waals surface area contributed by atoms with Crippen LogP contribution in [-0.4, -0.2) is 59.3 Å². The van der Waals surface area contributed by atoms with Crippen molar-refractivity contribution in [1.82, 2.24) is 9.80 Å². The topological polar surface area (TPSA) is 55.8 Å². The van der Waals surface area contributed by atoms with Crippen molar-refractivity contribution in [3.05, 3.63) is 89.7 Å². The highest BCUT2D eigenvalue weighted by Gasteiger charge is 2.49. The maximum atomic E-state index is 13.2. The van der Waals surface area contributed by atoms with Gasteiger partial charge in [-0.15, -0.1) is 0 Å². The summed E-state index contributed by atoms with van der Waals surface area (Å²) in [5, 5.41) is 13.1. The molecule has 3 aromatic rings. The van der Waals surface area contributed by atoms with Gasteiger partial charge >= 0.3 is 6.03 Å². The highest BCUT2D eigenvalue weighted by atomic mass is 19.1. The SMILES string of the molecule is Cc1ccccc1-c1ccc([C@H]2[C@H](CO)N3CCCCN(C(=O)Nc4ccc(F)cc4)C[C@@H]23)cc1. The van der Waals surface area contributed by atoms with Crippen LogP contribution in [0.25, 0.3) is 11.1 Å². The van der Waals surface area contributed by atoms with E-state index in [-0.39, 0.29) is 36.5 Å². The number of aryl methyl sites for hydroxylation is 1. The number of rotatable bonds is 4. The number of anilines is 1. The summed E-state index contributed by atoms with van der Waals surface area (Å²) in [5.41, 5.74) is 5.43. The third-order valence-electron chi connectivity index (χ3n) is 7.50. The molecular weight excluding hydrogens is 441 g/mol. The van der Waals surface area contributed by atoms with Crippen LogP contribution in [0.2, 0.25) is 0 Å². The fraction of sp³-hybridized carbons (Fsp3) is 0.345. The van der Waals surface area contributed by atoms with Crippen molar-refractivity contribution in [3.8, 4) is 11.1 Å². The first-order valence-corrected chi connectivity index (χ1v) is 12.4. The molecule has 0 saturated carbocycles. The molecule has 5 rings (SSSR count). The van der Waals surface area contributed by atoms with Gasteiger partial charge < -0.3 is 15.3 Å². The minimum absolute atomic E-state index is 0.0596. The predicted octanol–water partition coefficient (Wildman–Crippen LogP) is 5.26. The molecule has 3 aromatic carbocycles. The average Bonchev–Trinajstić information content (AvgIpc) is 2.85. The fourth-order valence-corrected chi connectivity index (χ4v) is 5.64. The van der Waals surface area contributed by atoms with Gasteiger partial charge in [-0.2, -0.15) is 0 Å². The predicted molar refractivity (Wildman–Crippen MR) is 137 cm³/mol. The van der Waals surface area contributed by atoms with Gasteiger partial charge in [-0.3, -0.25) is 4.90 Å². The first kappa shape index (κ1) is 23.5. The Bertz CT molecular complexity index is 1170. The summed E-state index contributed by atoms with van der Waals surface area (Å²) in [6.45, 7) is 4.42. The van der Waals surface area contributed by atoms with Gasteiger partial charge in [-0.05, 0) is 72.8 Å². The van der Waals surface area contributed by atoms with E-state index in [1.54, 1.807) is 12.1 Å². The molecule has 182 valence electrons. The molecule has 0 aliphatic carbocycles. The van der Waals surface area contributed by atoms with Crippen LogP contribution >= 0.6 is 0 Å². The van der Waals surface area contributed by atoms with E-state index in [0.717, 1.165) is 19.4 Å². The Kier molecular flexibility index (Phi) is 6.84. The number of nitrogens with zero attached hydrogens (tertiary/aromatic N) is 2. The standard InChI is InChI=1S/C29H32FN3O2/c1-20-6-2-3-7-25(20)21-8-10-22(11-9-21)28-26-18-32(16-4-5-17-33(26)27(28)19-34)29(35)31-24-14-12-23(30)13-15-24/h2-3,6-15,26-28,34H,4-5,16-19H2,1H3,(H,31,35)/t26-,27-,28+/m0/s1. The van der Waals surface area contributed by atoms with Gasteiger partial charge in [0.15, 0.2) is 0 Å². The highest BCUT2D eigenvalue weighted by Crippen LogP contribution is 2.42. The van der Waals surface area contributed by atoms with Crippen LogP contribution in [-0.2, 0) is 0 Å². The quantitative estimate of drug-likeness (QED) is 0.544. The minimum atomic E-state index is -0.328. The van der Waals surface area contributed by atoms with Gasteiger partial charge in [0.2, 0.25) is 0 Å². The molecule has 0 spiro atoms. The molecule has 0 radical (unpaired) electrons. The molecule has 35 heavy (non-hydrogen) atoms. The van der Waals surface area contributed by atoms with Gasteiger partial charge in [0.25, 0.3) is 0 Å². The number of aliphatic hydroxyl groups is 1. The Labute approximate surface area is 206 Å². The van der Waals surface area contributed by atoms with Crippen LogP contribution in [0.4, 0.5) is 14.9 Å². The first-order valence-electron chi connectivity index (χ1n) is 12.4. The number of hydrogen-bond donors (Lipinski definition) is 2. The number of nitrogens with one attached hydrogen (secondary N) is 1. The van der Waals surface area contributed by atoms with Gasteiger partial charge in [-0.25, -0.2) is 9.18 Å². The number of halogens is 1. The Morgan fingerprint density at radius 2 is 1.71 bits per heavy atom. The van der Waals surface area contributed by atoms with E-state index in [9.17, 15) is 14.3 Å². The number of fused-ring (bicyclic) bond motifs is 1. The maximum absolute atomic E-state index is 13.2. The van der Waals surface area contributed by atoms with Crippen molar-refractivity contribution in [2.24, 2.45) is 0 Å². The molecular formula is C29H32FN3O2. The summed E-state index contributed by atoms with van der Waals surface area (Å²) in [5.74, 6) is -0.171. The second-order valence-corrected chi connectivity index (χ2v) is 9.61. The molecule has 6 heteroatoms. The van der Waals surface area contributed by atoms with E-state index < -0.39 is 0 Å². The van der Waals surface area contributed by atoms with Crippen LogP contribution in [0.5, 0.6) is 0 Å². The van der Waals surface area contributed by atoms with E-state index in [0.29, 0.717) is 18.8 Å². The molecule has 2 amide bonds. The molecule has 2 saturated heterocycles. The second-order valence-electron chi connectivity index (χ2n) is 9.61. The van der Waals surface area contributed by atoms with Gasteiger partial charge in [0.05, 0.1) is 6.61 Å². The molecule has 2 heterocycles. The number of hydrogen-bond acceptors (Lipinski definition) is 3. The fourth-order valence-electron chi connectivity index (χ4n) is 5.64. The zero-order valence-corrected chi connectivity index (χ0v) is 20.0. The van der Waals surface area contributed by atoms with Crippen molar-refractivity contribution >= 4 is 11.7 Å². The Morgan fingerprint density at radius 3 is 2.43 bits per heavy atom. The molecule has 0 aromatic heterocycles. The molecule has 0 bridgehead atoms. The third kappa shape index (κ3) is 4.81. The number of urea groups is 1. The average molecular weight is 474 g/mol. The summed E-state index contributed by atoms with van der Waals surface area (Å²) < 4.78 is 13.2. The smallest absolute Gasteiger partial charge is 0.321 e. The van der Waals surface area contributed by atoms with Crippen LogP contribution in [0.3, 0.4) is 0 Å². The maximum Gasteiger partial charge on any atom is 0.321 e. The monoisotopic (exact) mass is 473 g/mol. The summed E-state index contributed by atoms with van der Waals surface area (Å²) in [7, 11) is 0. The lowest BCUT2D eigenvalue weighted by molar-refractivity contribution is -0.0585. The molecule has 3 atom stereocenters. The lowest BCUT2D eigenvalue weighted by Crippen LogP contribution is -2.68. The van der Waals surface area contributed by atoms with Gasteiger partial charge in [-0.1, -0.05) is 48.5 Å². The highest BCUT2D eigenvalue weighted by molar-refractivity contribution is 5.89. The Balaban J connectivity index is 1.35. The number of benzene rings is 3. The van der Waals surface area contributed by atoms with Crippen LogP contribution < -0.4 is 5.32 Å². The zero-order chi connectivity index (χ0) is 24.4. The van der Waals surface area contributed by atoms with Crippen LogP contribution in [0, 0.1) is 12.7 Å². The van der Waals surface area contributed by atoms with Crippen molar-refractivity contribution in [3.63, 3.8) is 0 Å². The summed E-state index contributed by atoms with van der Waals surface area (Å²) in [4.78, 5) is 17.3. The second kappa shape index (κ2) is 10.2. The molecule has 2 fully saturated rings. The Morgan fingerprint density at radius 1 is 1.00 bits per heavy atom. The lowest BCUT2D eigenvalue weighted by atomic mass is 9.74. The van der Waals surface area contributed by atoms with E-state index in [1.807, 2.05) is 4.90 Å². The van der Waals surface area contributed by atoms with Crippen LogP contribution in [0.1, 0.15) is 29.9 Å². The largest absolute Gasteiger partial charge is 0.395 e. The number of amides is 2. The van der Waals surface area contributed by atoms with E-state index in [4.69, 9.17) is 0 Å². The summed E-state index contributed by atoms with van der Waals surface area (Å²) in [6, 6.07) is 22.9.